The first-order valence-corrected chi connectivity index (χ1v) is 6.07. The van der Waals surface area contributed by atoms with E-state index in [-0.39, 0.29) is 17.3 Å². The first-order valence-electron chi connectivity index (χ1n) is 4.91. The fourth-order valence-electron chi connectivity index (χ4n) is 1.05. The van der Waals surface area contributed by atoms with Crippen LogP contribution in [0.2, 0.25) is 0 Å². The summed E-state index contributed by atoms with van der Waals surface area (Å²) >= 11 is 0.877. The van der Waals surface area contributed by atoms with Crippen molar-refractivity contribution in [1.29, 1.82) is 0 Å². The lowest BCUT2D eigenvalue weighted by Crippen LogP contribution is -2.16. The van der Waals surface area contributed by atoms with Crippen LogP contribution in [0, 0.1) is 0 Å². The summed E-state index contributed by atoms with van der Waals surface area (Å²) in [4.78, 5) is 24.9. The van der Waals surface area contributed by atoms with Gasteiger partial charge < -0.3 is 10.4 Å². The molecule has 1 heterocycles. The fraction of sp³-hybridized carbons (Fsp3) is 0.300. The summed E-state index contributed by atoms with van der Waals surface area (Å²) in [5.74, 6) is -1.94. The van der Waals surface area contributed by atoms with Gasteiger partial charge in [-0.25, -0.2) is 4.98 Å². The zero-order valence-electron chi connectivity index (χ0n) is 9.40. The van der Waals surface area contributed by atoms with Gasteiger partial charge in [0, 0.05) is 6.20 Å². The average Bonchev–Trinajstić information content (AvgIpc) is 2.27. The molecule has 0 radical (unpaired) electrons. The molecule has 0 unspecified atom stereocenters. The van der Waals surface area contributed by atoms with E-state index in [0.29, 0.717) is 6.20 Å². The highest BCUT2D eigenvalue weighted by atomic mass is 32.2. The van der Waals surface area contributed by atoms with E-state index in [1.54, 1.807) is 0 Å². The van der Waals surface area contributed by atoms with E-state index < -0.39 is 23.6 Å². The fourth-order valence-corrected chi connectivity index (χ4v) is 1.58. The number of aliphatic carboxylic acids is 1. The number of alkyl halides is 3. The van der Waals surface area contributed by atoms with Gasteiger partial charge in [-0.15, -0.1) is 11.8 Å². The molecule has 19 heavy (non-hydrogen) atoms. The van der Waals surface area contributed by atoms with Gasteiger partial charge in [0.05, 0.1) is 17.1 Å². The minimum Gasteiger partial charge on any atom is -0.481 e. The van der Waals surface area contributed by atoms with Gasteiger partial charge in [0.15, 0.2) is 0 Å². The van der Waals surface area contributed by atoms with E-state index >= 15 is 0 Å². The van der Waals surface area contributed by atoms with Gasteiger partial charge in [-0.1, -0.05) is 0 Å². The Morgan fingerprint density at radius 2 is 2.00 bits per heavy atom. The Morgan fingerprint density at radius 1 is 1.32 bits per heavy atom. The summed E-state index contributed by atoms with van der Waals surface area (Å²) in [7, 11) is 0. The Labute approximate surface area is 110 Å². The first-order chi connectivity index (χ1) is 8.79. The van der Waals surface area contributed by atoms with Gasteiger partial charge in [0.25, 0.3) is 0 Å². The van der Waals surface area contributed by atoms with E-state index in [1.165, 1.54) is 0 Å². The molecule has 1 aromatic rings. The largest absolute Gasteiger partial charge is 0.481 e. The van der Waals surface area contributed by atoms with Crippen LogP contribution in [0.5, 0.6) is 0 Å². The molecular formula is C10H9F3N2O3S. The van der Waals surface area contributed by atoms with E-state index in [0.717, 1.165) is 23.9 Å². The SMILES string of the molecule is O=C(O)CSCC(=O)Nc1ccc(C(F)(F)F)cn1. The summed E-state index contributed by atoms with van der Waals surface area (Å²) in [6.07, 6.45) is -3.87. The number of halogens is 3. The number of hydrogen-bond donors (Lipinski definition) is 2. The van der Waals surface area contributed by atoms with Crippen molar-refractivity contribution in [3.05, 3.63) is 23.9 Å². The van der Waals surface area contributed by atoms with E-state index in [2.05, 4.69) is 10.3 Å². The smallest absolute Gasteiger partial charge is 0.417 e. The van der Waals surface area contributed by atoms with Crippen molar-refractivity contribution in [2.24, 2.45) is 0 Å². The van der Waals surface area contributed by atoms with Crippen LogP contribution in [0.3, 0.4) is 0 Å². The van der Waals surface area contributed by atoms with E-state index in [9.17, 15) is 22.8 Å². The highest BCUT2D eigenvalue weighted by Gasteiger charge is 2.30. The Hall–Kier alpha value is -1.77. The number of carbonyl (C=O) groups is 2. The number of nitrogens with zero attached hydrogens (tertiary/aromatic N) is 1. The normalized spacial score (nSPS) is 11.1. The summed E-state index contributed by atoms with van der Waals surface area (Å²) in [6.45, 7) is 0. The Morgan fingerprint density at radius 3 is 2.47 bits per heavy atom. The second kappa shape index (κ2) is 6.41. The van der Waals surface area contributed by atoms with Gasteiger partial charge >= 0.3 is 12.1 Å². The number of aromatic nitrogens is 1. The molecule has 0 saturated heterocycles. The molecule has 9 heteroatoms. The summed E-state index contributed by atoms with van der Waals surface area (Å²) in [5.41, 5.74) is -0.911. The van der Waals surface area contributed by atoms with Crippen molar-refractivity contribution in [3.8, 4) is 0 Å². The number of amides is 1. The summed E-state index contributed by atoms with van der Waals surface area (Å²) in [6, 6.07) is 1.83. The number of hydrogen-bond acceptors (Lipinski definition) is 4. The number of anilines is 1. The molecule has 1 amide bonds. The monoisotopic (exact) mass is 294 g/mol. The van der Waals surface area contributed by atoms with Gasteiger partial charge in [0.1, 0.15) is 5.82 Å². The van der Waals surface area contributed by atoms with Crippen LogP contribution in [-0.4, -0.2) is 33.5 Å². The Kier molecular flexibility index (Phi) is 5.16. The second-order valence-corrected chi connectivity index (χ2v) is 4.35. The third-order valence-electron chi connectivity index (χ3n) is 1.82. The third kappa shape index (κ3) is 5.60. The van der Waals surface area contributed by atoms with Crippen LogP contribution in [-0.2, 0) is 15.8 Å². The molecule has 0 fully saturated rings. The van der Waals surface area contributed by atoms with Crippen LogP contribution in [0.1, 0.15) is 5.56 Å². The molecule has 0 aliphatic rings. The van der Waals surface area contributed by atoms with Crippen LogP contribution in [0.15, 0.2) is 18.3 Å². The van der Waals surface area contributed by atoms with Crippen molar-refractivity contribution in [2.75, 3.05) is 16.8 Å². The number of thioether (sulfide) groups is 1. The number of nitrogens with one attached hydrogen (secondary N) is 1. The van der Waals surface area contributed by atoms with Gasteiger partial charge in [-0.2, -0.15) is 13.2 Å². The maximum absolute atomic E-state index is 12.2. The van der Waals surface area contributed by atoms with Gasteiger partial charge in [-0.05, 0) is 12.1 Å². The maximum atomic E-state index is 12.2. The number of carboxylic acid groups (broad SMARTS) is 1. The Balaban J connectivity index is 2.49. The van der Waals surface area contributed by atoms with Crippen molar-refractivity contribution < 1.29 is 27.9 Å². The summed E-state index contributed by atoms with van der Waals surface area (Å²) < 4.78 is 36.7. The van der Waals surface area contributed by atoms with Crippen LogP contribution in [0.25, 0.3) is 0 Å². The minimum atomic E-state index is -4.48. The zero-order valence-corrected chi connectivity index (χ0v) is 10.2. The standard InChI is InChI=1S/C10H9F3N2O3S/c11-10(12,13)6-1-2-7(14-3-6)15-8(16)4-19-5-9(17)18/h1-3H,4-5H2,(H,17,18)(H,14,15,16). The van der Waals surface area contributed by atoms with Crippen molar-refractivity contribution in [3.63, 3.8) is 0 Å². The molecule has 0 aromatic carbocycles. The van der Waals surface area contributed by atoms with Crippen LogP contribution < -0.4 is 5.32 Å². The maximum Gasteiger partial charge on any atom is 0.417 e. The molecule has 0 spiro atoms. The predicted molar refractivity (Wildman–Crippen MR) is 62.8 cm³/mol. The molecule has 0 atom stereocenters. The van der Waals surface area contributed by atoms with E-state index in [1.807, 2.05) is 0 Å². The first kappa shape index (κ1) is 15.3. The molecule has 1 aromatic heterocycles. The zero-order chi connectivity index (χ0) is 14.5. The Bertz CT molecular complexity index is 462. The minimum absolute atomic E-state index is 0.0195. The summed E-state index contributed by atoms with van der Waals surface area (Å²) in [5, 5.41) is 10.6. The molecular weight excluding hydrogens is 285 g/mol. The molecule has 1 rings (SSSR count). The molecule has 104 valence electrons. The van der Waals surface area contributed by atoms with Gasteiger partial charge in [0.2, 0.25) is 5.91 Å². The number of pyridine rings is 1. The highest BCUT2D eigenvalue weighted by Crippen LogP contribution is 2.28. The quantitative estimate of drug-likeness (QED) is 0.866. The number of rotatable bonds is 5. The lowest BCUT2D eigenvalue weighted by Gasteiger charge is -2.07. The lowest BCUT2D eigenvalue weighted by molar-refractivity contribution is -0.138. The highest BCUT2D eigenvalue weighted by molar-refractivity contribution is 8.00. The number of carbonyl (C=O) groups excluding carboxylic acids is 1. The molecule has 5 nitrogen and oxygen atoms in total. The van der Waals surface area contributed by atoms with Crippen LogP contribution >= 0.6 is 11.8 Å². The average molecular weight is 294 g/mol. The molecule has 2 N–H and O–H groups in total. The lowest BCUT2D eigenvalue weighted by atomic mass is 10.3. The third-order valence-corrected chi connectivity index (χ3v) is 2.73. The van der Waals surface area contributed by atoms with Gasteiger partial charge in [-0.3, -0.25) is 9.59 Å². The topological polar surface area (TPSA) is 79.3 Å². The van der Waals surface area contributed by atoms with Crippen molar-refractivity contribution in [2.45, 2.75) is 6.18 Å². The molecule has 0 aliphatic heterocycles. The number of carboxylic acids is 1. The van der Waals surface area contributed by atoms with Crippen LogP contribution in [0.4, 0.5) is 19.0 Å². The molecule has 0 aliphatic carbocycles. The second-order valence-electron chi connectivity index (χ2n) is 3.36. The molecule has 0 saturated carbocycles. The predicted octanol–water partition coefficient (Wildman–Crippen LogP) is 1.86. The van der Waals surface area contributed by atoms with Crippen molar-refractivity contribution >= 4 is 29.5 Å². The molecule has 0 bridgehead atoms. The van der Waals surface area contributed by atoms with E-state index in [4.69, 9.17) is 5.11 Å². The van der Waals surface area contributed by atoms with Crippen molar-refractivity contribution in [1.82, 2.24) is 4.98 Å².